The Morgan fingerprint density at radius 3 is 2.64 bits per heavy atom. The maximum absolute atomic E-state index is 10.9. The molecule has 2 heteroatoms. The summed E-state index contributed by atoms with van der Waals surface area (Å²) >= 11 is 0. The molecule has 0 heterocycles. The lowest BCUT2D eigenvalue weighted by molar-refractivity contribution is -0.150. The lowest BCUT2D eigenvalue weighted by Crippen LogP contribution is -2.31. The maximum Gasteiger partial charge on any atom is 0.308 e. The minimum absolute atomic E-state index is 0.0163. The number of esters is 1. The van der Waals surface area contributed by atoms with Crippen LogP contribution in [0.3, 0.4) is 0 Å². The zero-order chi connectivity index (χ0) is 8.27. The number of rotatable bonds is 3. The summed E-state index contributed by atoms with van der Waals surface area (Å²) in [6.45, 7) is 2.19. The fourth-order valence-electron chi connectivity index (χ4n) is 1.74. The molecule has 1 aliphatic carbocycles. The molecule has 1 rings (SSSR count). The molecule has 1 saturated carbocycles. The summed E-state index contributed by atoms with van der Waals surface area (Å²) in [5, 5.41) is 0. The van der Waals surface area contributed by atoms with Gasteiger partial charge in [0.2, 0.25) is 0 Å². The average Bonchev–Trinajstić information content (AvgIpc) is 1.94. The van der Waals surface area contributed by atoms with Gasteiger partial charge in [-0.25, -0.2) is 0 Å². The first-order valence-corrected chi connectivity index (χ1v) is 4.35. The normalized spacial score (nSPS) is 29.3. The van der Waals surface area contributed by atoms with E-state index in [1.807, 2.05) is 0 Å². The van der Waals surface area contributed by atoms with Gasteiger partial charge < -0.3 is 4.74 Å². The van der Waals surface area contributed by atoms with Crippen molar-refractivity contribution in [2.24, 2.45) is 11.8 Å². The van der Waals surface area contributed by atoms with Crippen LogP contribution in [-0.4, -0.2) is 13.1 Å². The second-order valence-corrected chi connectivity index (χ2v) is 3.35. The number of methoxy groups -OCH3 is 1. The molecule has 0 aromatic heterocycles. The van der Waals surface area contributed by atoms with Crippen molar-refractivity contribution < 1.29 is 9.53 Å². The summed E-state index contributed by atoms with van der Waals surface area (Å²) in [4.78, 5) is 10.9. The van der Waals surface area contributed by atoms with Crippen LogP contribution in [0.15, 0.2) is 0 Å². The van der Waals surface area contributed by atoms with Crippen molar-refractivity contribution in [1.82, 2.24) is 0 Å². The van der Waals surface area contributed by atoms with Crippen LogP contribution in [0.25, 0.3) is 0 Å². The third-order valence-corrected chi connectivity index (χ3v) is 2.47. The van der Waals surface area contributed by atoms with E-state index in [4.69, 9.17) is 0 Å². The van der Waals surface area contributed by atoms with Gasteiger partial charge >= 0.3 is 5.97 Å². The molecule has 0 aliphatic heterocycles. The van der Waals surface area contributed by atoms with Gasteiger partial charge in [-0.15, -0.1) is 0 Å². The Morgan fingerprint density at radius 2 is 2.18 bits per heavy atom. The van der Waals surface area contributed by atoms with Gasteiger partial charge in [0, 0.05) is 0 Å². The molecule has 0 atom stereocenters. The zero-order valence-corrected chi connectivity index (χ0v) is 7.30. The van der Waals surface area contributed by atoms with E-state index in [0.29, 0.717) is 0 Å². The third-order valence-electron chi connectivity index (χ3n) is 2.47. The summed E-state index contributed by atoms with van der Waals surface area (Å²) in [7, 11) is 1.47. The van der Waals surface area contributed by atoms with Crippen LogP contribution in [-0.2, 0) is 9.53 Å². The fourth-order valence-corrected chi connectivity index (χ4v) is 1.74. The molecule has 0 aromatic carbocycles. The van der Waals surface area contributed by atoms with Crippen LogP contribution >= 0.6 is 0 Å². The lowest BCUT2D eigenvalue weighted by atomic mass is 9.73. The second-order valence-electron chi connectivity index (χ2n) is 3.35. The highest BCUT2D eigenvalue weighted by Gasteiger charge is 2.34. The van der Waals surface area contributed by atoms with Crippen LogP contribution in [0.4, 0.5) is 0 Å². The van der Waals surface area contributed by atoms with Gasteiger partial charge in [0.1, 0.15) is 0 Å². The molecule has 1 fully saturated rings. The van der Waals surface area contributed by atoms with Crippen LogP contribution in [0.2, 0.25) is 0 Å². The Hall–Kier alpha value is -0.530. The Morgan fingerprint density at radius 1 is 1.55 bits per heavy atom. The van der Waals surface area contributed by atoms with Gasteiger partial charge in [0.05, 0.1) is 13.0 Å². The number of ether oxygens (including phenoxy) is 1. The summed E-state index contributed by atoms with van der Waals surface area (Å²) in [5.41, 5.74) is 0. The molecule has 0 N–H and O–H groups in total. The van der Waals surface area contributed by atoms with E-state index < -0.39 is 0 Å². The monoisotopic (exact) mass is 156 g/mol. The molecule has 2 nitrogen and oxygen atoms in total. The SMILES string of the molecule is CCCC1CC(C(=O)OC)C1. The molecule has 0 bridgehead atoms. The highest BCUT2D eigenvalue weighted by molar-refractivity contribution is 5.73. The quantitative estimate of drug-likeness (QED) is 0.584. The molecular formula is C9H16O2. The van der Waals surface area contributed by atoms with Crippen molar-refractivity contribution in [3.63, 3.8) is 0 Å². The number of hydrogen-bond donors (Lipinski definition) is 0. The number of carbonyl (C=O) groups is 1. The molecule has 64 valence electrons. The van der Waals surface area contributed by atoms with Gasteiger partial charge in [-0.3, -0.25) is 4.79 Å². The average molecular weight is 156 g/mol. The lowest BCUT2D eigenvalue weighted by Gasteiger charge is -2.32. The second kappa shape index (κ2) is 3.74. The van der Waals surface area contributed by atoms with Crippen LogP contribution in [0, 0.1) is 11.8 Å². The van der Waals surface area contributed by atoms with Crippen molar-refractivity contribution in [3.8, 4) is 0 Å². The van der Waals surface area contributed by atoms with E-state index in [1.165, 1.54) is 20.0 Å². The Balaban J connectivity index is 2.13. The summed E-state index contributed by atoms with van der Waals surface area (Å²) in [6.07, 6.45) is 4.62. The van der Waals surface area contributed by atoms with Crippen molar-refractivity contribution in [2.75, 3.05) is 7.11 Å². The zero-order valence-electron chi connectivity index (χ0n) is 7.30. The molecule has 0 aromatic rings. The predicted octanol–water partition coefficient (Wildman–Crippen LogP) is 1.99. The molecular weight excluding hydrogens is 140 g/mol. The van der Waals surface area contributed by atoms with E-state index in [0.717, 1.165) is 18.8 Å². The summed E-state index contributed by atoms with van der Waals surface area (Å²) < 4.78 is 4.64. The minimum atomic E-state index is -0.0163. The first-order chi connectivity index (χ1) is 5.27. The third kappa shape index (κ3) is 1.95. The van der Waals surface area contributed by atoms with Gasteiger partial charge in [-0.1, -0.05) is 19.8 Å². The topological polar surface area (TPSA) is 26.3 Å². The molecule has 11 heavy (non-hydrogen) atoms. The van der Waals surface area contributed by atoms with E-state index in [2.05, 4.69) is 11.7 Å². The predicted molar refractivity (Wildman–Crippen MR) is 43.1 cm³/mol. The smallest absolute Gasteiger partial charge is 0.308 e. The first-order valence-electron chi connectivity index (χ1n) is 4.35. The Labute approximate surface area is 67.9 Å². The Kier molecular flexibility index (Phi) is 2.92. The van der Waals surface area contributed by atoms with Crippen LogP contribution in [0.5, 0.6) is 0 Å². The van der Waals surface area contributed by atoms with Crippen molar-refractivity contribution in [2.45, 2.75) is 32.6 Å². The maximum atomic E-state index is 10.9. The fraction of sp³-hybridized carbons (Fsp3) is 0.889. The Bertz CT molecular complexity index is 136. The largest absolute Gasteiger partial charge is 0.469 e. The van der Waals surface area contributed by atoms with E-state index in [9.17, 15) is 4.79 Å². The molecule has 0 radical (unpaired) electrons. The van der Waals surface area contributed by atoms with E-state index in [-0.39, 0.29) is 11.9 Å². The molecule has 0 saturated heterocycles. The van der Waals surface area contributed by atoms with Crippen LogP contribution < -0.4 is 0 Å². The highest BCUT2D eigenvalue weighted by atomic mass is 16.5. The van der Waals surface area contributed by atoms with Gasteiger partial charge in [-0.05, 0) is 18.8 Å². The highest BCUT2D eigenvalue weighted by Crippen LogP contribution is 2.37. The molecule has 0 spiro atoms. The van der Waals surface area contributed by atoms with E-state index in [1.54, 1.807) is 0 Å². The van der Waals surface area contributed by atoms with E-state index >= 15 is 0 Å². The first kappa shape index (κ1) is 8.57. The van der Waals surface area contributed by atoms with Crippen molar-refractivity contribution in [1.29, 1.82) is 0 Å². The number of hydrogen-bond acceptors (Lipinski definition) is 2. The molecule has 1 aliphatic rings. The van der Waals surface area contributed by atoms with Crippen LogP contribution in [0.1, 0.15) is 32.6 Å². The van der Waals surface area contributed by atoms with Crippen molar-refractivity contribution >= 4 is 5.97 Å². The number of carbonyl (C=O) groups excluding carboxylic acids is 1. The molecule has 0 unspecified atom stereocenters. The summed E-state index contributed by atoms with van der Waals surface area (Å²) in [5.74, 6) is 0.998. The van der Waals surface area contributed by atoms with Gasteiger partial charge in [0.25, 0.3) is 0 Å². The standard InChI is InChI=1S/C9H16O2/c1-3-4-7-5-8(6-7)9(10)11-2/h7-8H,3-6H2,1-2H3. The van der Waals surface area contributed by atoms with Crippen molar-refractivity contribution in [3.05, 3.63) is 0 Å². The minimum Gasteiger partial charge on any atom is -0.469 e. The van der Waals surface area contributed by atoms with Gasteiger partial charge in [0.15, 0.2) is 0 Å². The van der Waals surface area contributed by atoms with Gasteiger partial charge in [-0.2, -0.15) is 0 Å². The molecule has 0 amide bonds. The summed E-state index contributed by atoms with van der Waals surface area (Å²) in [6, 6.07) is 0.